The number of amides is 1. The van der Waals surface area contributed by atoms with Gasteiger partial charge in [0.25, 0.3) is 5.91 Å². The van der Waals surface area contributed by atoms with Gasteiger partial charge in [0, 0.05) is 16.0 Å². The molecular formula is C25H22N4OS. The number of nitrogens with zero attached hydrogens (tertiary/aromatic N) is 2. The summed E-state index contributed by atoms with van der Waals surface area (Å²) in [5.41, 5.74) is 10.5. The van der Waals surface area contributed by atoms with Crippen molar-refractivity contribution in [2.24, 2.45) is 0 Å². The monoisotopic (exact) mass is 426 g/mol. The van der Waals surface area contributed by atoms with Gasteiger partial charge in [0.15, 0.2) is 11.6 Å². The maximum absolute atomic E-state index is 12.8. The van der Waals surface area contributed by atoms with Crippen molar-refractivity contribution in [2.45, 2.75) is 23.8 Å². The van der Waals surface area contributed by atoms with Crippen LogP contribution in [0.1, 0.15) is 21.5 Å². The molecule has 154 valence electrons. The van der Waals surface area contributed by atoms with Crippen LogP contribution in [-0.4, -0.2) is 15.9 Å². The molecule has 1 heterocycles. The fraction of sp³-hybridized carbons (Fsp3) is 0.0800. The highest BCUT2D eigenvalue weighted by molar-refractivity contribution is 7.99. The number of rotatable bonds is 5. The average molecular weight is 427 g/mol. The van der Waals surface area contributed by atoms with E-state index in [9.17, 15) is 4.79 Å². The zero-order valence-electron chi connectivity index (χ0n) is 17.3. The molecule has 0 aliphatic rings. The number of hydrogen-bond donors (Lipinski definition) is 2. The molecule has 0 aliphatic heterocycles. The Morgan fingerprint density at radius 1 is 0.839 bits per heavy atom. The molecule has 0 radical (unpaired) electrons. The Kier molecular flexibility index (Phi) is 6.00. The smallest absolute Gasteiger partial charge is 0.255 e. The van der Waals surface area contributed by atoms with Gasteiger partial charge in [-0.1, -0.05) is 77.5 Å². The van der Waals surface area contributed by atoms with Gasteiger partial charge in [-0.2, -0.15) is 0 Å². The van der Waals surface area contributed by atoms with Crippen LogP contribution >= 0.6 is 11.8 Å². The molecule has 6 heteroatoms. The number of hydrogen-bond acceptors (Lipinski definition) is 5. The lowest BCUT2D eigenvalue weighted by Crippen LogP contribution is -2.15. The van der Waals surface area contributed by atoms with Crippen LogP contribution in [0.2, 0.25) is 0 Å². The van der Waals surface area contributed by atoms with Crippen LogP contribution in [0.4, 0.5) is 11.5 Å². The second-order valence-electron chi connectivity index (χ2n) is 7.21. The molecule has 0 unspecified atom stereocenters. The molecule has 0 spiro atoms. The summed E-state index contributed by atoms with van der Waals surface area (Å²) in [6, 6.07) is 25.1. The van der Waals surface area contributed by atoms with Crippen LogP contribution in [0, 0.1) is 13.8 Å². The third-order valence-corrected chi connectivity index (χ3v) is 5.72. The van der Waals surface area contributed by atoms with Crippen LogP contribution in [0.3, 0.4) is 0 Å². The molecule has 4 rings (SSSR count). The Balaban J connectivity index is 1.75. The van der Waals surface area contributed by atoms with Crippen molar-refractivity contribution < 1.29 is 4.79 Å². The van der Waals surface area contributed by atoms with Crippen LogP contribution < -0.4 is 11.1 Å². The predicted octanol–water partition coefficient (Wildman–Crippen LogP) is 5.75. The molecule has 0 fully saturated rings. The SMILES string of the molecule is Cc1ccc(Sc2nc(-c3ccc(C)cc3)nc(N)c2NC(=O)c2ccccc2)cc1. The van der Waals surface area contributed by atoms with Crippen LogP contribution in [0.15, 0.2) is 88.8 Å². The number of carbonyl (C=O) groups excluding carboxylic acids is 1. The van der Waals surface area contributed by atoms with Gasteiger partial charge in [0.1, 0.15) is 10.7 Å². The van der Waals surface area contributed by atoms with Gasteiger partial charge in [-0.15, -0.1) is 0 Å². The van der Waals surface area contributed by atoms with E-state index in [1.807, 2.05) is 80.6 Å². The van der Waals surface area contributed by atoms with Gasteiger partial charge in [-0.25, -0.2) is 9.97 Å². The lowest BCUT2D eigenvalue weighted by molar-refractivity contribution is 0.102. The van der Waals surface area contributed by atoms with E-state index in [4.69, 9.17) is 10.7 Å². The van der Waals surface area contributed by atoms with Crippen molar-refractivity contribution in [2.75, 3.05) is 11.1 Å². The highest BCUT2D eigenvalue weighted by Crippen LogP contribution is 2.36. The largest absolute Gasteiger partial charge is 0.382 e. The van der Waals surface area contributed by atoms with E-state index in [0.29, 0.717) is 22.1 Å². The van der Waals surface area contributed by atoms with E-state index in [-0.39, 0.29) is 11.7 Å². The highest BCUT2D eigenvalue weighted by atomic mass is 32.2. The fourth-order valence-electron chi connectivity index (χ4n) is 2.97. The van der Waals surface area contributed by atoms with E-state index < -0.39 is 0 Å². The lowest BCUT2D eigenvalue weighted by atomic mass is 10.1. The Labute approximate surface area is 185 Å². The molecule has 0 bridgehead atoms. The molecule has 0 saturated heterocycles. The van der Waals surface area contributed by atoms with E-state index >= 15 is 0 Å². The maximum atomic E-state index is 12.8. The van der Waals surface area contributed by atoms with Gasteiger partial charge in [-0.3, -0.25) is 4.79 Å². The predicted molar refractivity (Wildman–Crippen MR) is 126 cm³/mol. The zero-order chi connectivity index (χ0) is 21.8. The average Bonchev–Trinajstić information content (AvgIpc) is 2.78. The van der Waals surface area contributed by atoms with E-state index in [2.05, 4.69) is 10.3 Å². The number of nitrogens with two attached hydrogens (primary N) is 1. The molecule has 0 saturated carbocycles. The molecule has 0 aliphatic carbocycles. The van der Waals surface area contributed by atoms with Crippen molar-refractivity contribution >= 4 is 29.2 Å². The zero-order valence-corrected chi connectivity index (χ0v) is 18.1. The standard InChI is InChI=1S/C25H22N4OS/c1-16-8-12-18(13-9-16)23-28-22(26)21(27-24(30)19-6-4-3-5-7-19)25(29-23)31-20-14-10-17(2)11-15-20/h3-15H,1-2H3,(H,27,30)(H2,26,28,29). The van der Waals surface area contributed by atoms with Crippen molar-refractivity contribution in [1.29, 1.82) is 0 Å². The molecule has 3 aromatic carbocycles. The molecule has 4 aromatic rings. The Bertz CT molecular complexity index is 1210. The number of aromatic nitrogens is 2. The molecule has 0 atom stereocenters. The fourth-order valence-corrected chi connectivity index (χ4v) is 3.86. The van der Waals surface area contributed by atoms with Crippen molar-refractivity contribution in [3.05, 3.63) is 95.6 Å². The molecule has 3 N–H and O–H groups in total. The summed E-state index contributed by atoms with van der Waals surface area (Å²) in [7, 11) is 0. The summed E-state index contributed by atoms with van der Waals surface area (Å²) >= 11 is 1.44. The number of nitrogens with one attached hydrogen (secondary N) is 1. The summed E-state index contributed by atoms with van der Waals surface area (Å²) in [5.74, 6) is 0.485. The van der Waals surface area contributed by atoms with Gasteiger partial charge in [-0.05, 0) is 38.1 Å². The molecule has 1 aromatic heterocycles. The van der Waals surface area contributed by atoms with Gasteiger partial charge in [0.05, 0.1) is 0 Å². The number of carbonyl (C=O) groups is 1. The van der Waals surface area contributed by atoms with Gasteiger partial charge >= 0.3 is 0 Å². The minimum atomic E-state index is -0.259. The molecular weight excluding hydrogens is 404 g/mol. The summed E-state index contributed by atoms with van der Waals surface area (Å²) in [6.45, 7) is 4.07. The maximum Gasteiger partial charge on any atom is 0.255 e. The topological polar surface area (TPSA) is 80.9 Å². The van der Waals surface area contributed by atoms with Crippen LogP contribution in [0.5, 0.6) is 0 Å². The third kappa shape index (κ3) is 4.92. The van der Waals surface area contributed by atoms with E-state index in [0.717, 1.165) is 16.0 Å². The van der Waals surface area contributed by atoms with Crippen molar-refractivity contribution in [3.63, 3.8) is 0 Å². The summed E-state index contributed by atoms with van der Waals surface area (Å²) in [6.07, 6.45) is 0. The molecule has 5 nitrogen and oxygen atoms in total. The number of aryl methyl sites for hydroxylation is 2. The lowest BCUT2D eigenvalue weighted by Gasteiger charge is -2.14. The Morgan fingerprint density at radius 2 is 1.45 bits per heavy atom. The minimum absolute atomic E-state index is 0.226. The minimum Gasteiger partial charge on any atom is -0.382 e. The Hall–Kier alpha value is -3.64. The second-order valence-corrected chi connectivity index (χ2v) is 8.28. The molecule has 1 amide bonds. The van der Waals surface area contributed by atoms with Crippen LogP contribution in [-0.2, 0) is 0 Å². The van der Waals surface area contributed by atoms with Crippen LogP contribution in [0.25, 0.3) is 11.4 Å². The summed E-state index contributed by atoms with van der Waals surface area (Å²) in [4.78, 5) is 23.0. The quantitative estimate of drug-likeness (QED) is 0.397. The molecule has 31 heavy (non-hydrogen) atoms. The van der Waals surface area contributed by atoms with E-state index in [1.165, 1.54) is 17.3 Å². The Morgan fingerprint density at radius 3 is 2.10 bits per heavy atom. The first-order chi connectivity index (χ1) is 15.0. The number of benzene rings is 3. The van der Waals surface area contributed by atoms with Gasteiger partial charge < -0.3 is 11.1 Å². The van der Waals surface area contributed by atoms with Crippen molar-refractivity contribution in [1.82, 2.24) is 9.97 Å². The number of nitrogen functional groups attached to an aromatic ring is 1. The normalized spacial score (nSPS) is 10.6. The summed E-state index contributed by atoms with van der Waals surface area (Å²) < 4.78 is 0. The van der Waals surface area contributed by atoms with Crippen molar-refractivity contribution in [3.8, 4) is 11.4 Å². The van der Waals surface area contributed by atoms with Gasteiger partial charge in [0.2, 0.25) is 0 Å². The number of anilines is 2. The second kappa shape index (κ2) is 9.02. The highest BCUT2D eigenvalue weighted by Gasteiger charge is 2.18. The third-order valence-electron chi connectivity index (χ3n) is 4.72. The first kappa shape index (κ1) is 20.6. The summed E-state index contributed by atoms with van der Waals surface area (Å²) in [5, 5.41) is 3.50. The first-order valence-corrected chi connectivity index (χ1v) is 10.7. The first-order valence-electron chi connectivity index (χ1n) is 9.85. The van der Waals surface area contributed by atoms with E-state index in [1.54, 1.807) is 12.1 Å².